The molecule has 2 aromatic rings. The third kappa shape index (κ3) is 4.20. The van der Waals surface area contributed by atoms with Crippen LogP contribution in [0.2, 0.25) is 10.0 Å². The highest BCUT2D eigenvalue weighted by molar-refractivity contribution is 6.35. The van der Waals surface area contributed by atoms with Gasteiger partial charge in [0.1, 0.15) is 12.4 Å². The van der Waals surface area contributed by atoms with Crippen LogP contribution in [0.25, 0.3) is 0 Å². The topological polar surface area (TPSA) is 47.6 Å². The first-order chi connectivity index (χ1) is 11.6. The van der Waals surface area contributed by atoms with Gasteiger partial charge in [-0.2, -0.15) is 0 Å². The van der Waals surface area contributed by atoms with Crippen molar-refractivity contribution in [2.75, 3.05) is 18.5 Å². The summed E-state index contributed by atoms with van der Waals surface area (Å²) in [4.78, 5) is 12.6. The number of ether oxygens (including phenoxy) is 2. The lowest BCUT2D eigenvalue weighted by Crippen LogP contribution is -2.19. The zero-order chi connectivity index (χ0) is 16.9. The molecule has 0 aliphatic carbocycles. The molecule has 1 aliphatic heterocycles. The lowest BCUT2D eigenvalue weighted by atomic mass is 10.1. The number of anilines is 1. The van der Waals surface area contributed by atoms with Gasteiger partial charge in [0.15, 0.2) is 0 Å². The highest BCUT2D eigenvalue weighted by atomic mass is 35.5. The zero-order valence-corrected chi connectivity index (χ0v) is 14.4. The van der Waals surface area contributed by atoms with Gasteiger partial charge in [0.25, 0.3) is 5.91 Å². The predicted molar refractivity (Wildman–Crippen MR) is 95.3 cm³/mol. The molecule has 1 N–H and O–H groups in total. The van der Waals surface area contributed by atoms with Crippen molar-refractivity contribution in [3.63, 3.8) is 0 Å². The van der Waals surface area contributed by atoms with E-state index in [1.54, 1.807) is 36.4 Å². The average molecular weight is 366 g/mol. The molecule has 0 bridgehead atoms. The van der Waals surface area contributed by atoms with Crippen LogP contribution in [-0.2, 0) is 4.74 Å². The smallest absolute Gasteiger partial charge is 0.259 e. The van der Waals surface area contributed by atoms with Gasteiger partial charge in [-0.15, -0.1) is 0 Å². The molecule has 0 radical (unpaired) electrons. The molecular weight excluding hydrogens is 349 g/mol. The number of rotatable bonds is 5. The number of benzene rings is 2. The number of carbonyl (C=O) groups is 1. The summed E-state index contributed by atoms with van der Waals surface area (Å²) in [5, 5.41) is 3.69. The SMILES string of the molecule is O=C(Nc1cc(Cl)ccc1Cl)c1ccccc1OCC1CCCO1. The van der Waals surface area contributed by atoms with Gasteiger partial charge < -0.3 is 14.8 Å². The van der Waals surface area contributed by atoms with Crippen LogP contribution in [0.4, 0.5) is 5.69 Å². The van der Waals surface area contributed by atoms with E-state index in [0.717, 1.165) is 19.4 Å². The molecule has 1 unspecified atom stereocenters. The number of halogens is 2. The number of amides is 1. The van der Waals surface area contributed by atoms with Crippen molar-refractivity contribution in [1.29, 1.82) is 0 Å². The standard InChI is InChI=1S/C18H17Cl2NO3/c19-12-7-8-15(20)16(10-12)21-18(22)14-5-1-2-6-17(14)24-11-13-4-3-9-23-13/h1-2,5-8,10,13H,3-4,9,11H2,(H,21,22). The minimum Gasteiger partial charge on any atom is -0.490 e. The molecule has 1 aliphatic rings. The average Bonchev–Trinajstić information content (AvgIpc) is 3.10. The quantitative estimate of drug-likeness (QED) is 0.827. The zero-order valence-electron chi connectivity index (χ0n) is 12.9. The van der Waals surface area contributed by atoms with E-state index in [9.17, 15) is 4.79 Å². The van der Waals surface area contributed by atoms with Crippen LogP contribution in [0.5, 0.6) is 5.75 Å². The summed E-state index contributed by atoms with van der Waals surface area (Å²) in [5.41, 5.74) is 0.898. The molecular formula is C18H17Cl2NO3. The van der Waals surface area contributed by atoms with Crippen LogP contribution in [0.15, 0.2) is 42.5 Å². The molecule has 1 heterocycles. The number of hydrogen-bond acceptors (Lipinski definition) is 3. The van der Waals surface area contributed by atoms with E-state index in [1.165, 1.54) is 0 Å². The van der Waals surface area contributed by atoms with Crippen molar-refractivity contribution >= 4 is 34.8 Å². The van der Waals surface area contributed by atoms with Gasteiger partial charge in [-0.3, -0.25) is 4.79 Å². The number of hydrogen-bond donors (Lipinski definition) is 1. The second-order valence-corrected chi connectivity index (χ2v) is 6.36. The van der Waals surface area contributed by atoms with Gasteiger partial charge in [-0.05, 0) is 43.2 Å². The maximum atomic E-state index is 12.6. The summed E-state index contributed by atoms with van der Waals surface area (Å²) in [6.45, 7) is 1.20. The Morgan fingerprint density at radius 1 is 1.25 bits per heavy atom. The Hall–Kier alpha value is -1.75. The number of para-hydroxylation sites is 1. The minimum absolute atomic E-state index is 0.0866. The Morgan fingerprint density at radius 3 is 2.88 bits per heavy atom. The largest absolute Gasteiger partial charge is 0.490 e. The van der Waals surface area contributed by atoms with E-state index in [-0.39, 0.29) is 12.0 Å². The summed E-state index contributed by atoms with van der Waals surface area (Å²) >= 11 is 12.0. The van der Waals surface area contributed by atoms with E-state index in [0.29, 0.717) is 33.7 Å². The molecule has 0 spiro atoms. The Morgan fingerprint density at radius 2 is 2.08 bits per heavy atom. The van der Waals surface area contributed by atoms with Crippen molar-refractivity contribution in [3.8, 4) is 5.75 Å². The Balaban J connectivity index is 1.73. The molecule has 2 aromatic carbocycles. The second kappa shape index (κ2) is 7.88. The first-order valence-corrected chi connectivity index (χ1v) is 8.49. The fourth-order valence-electron chi connectivity index (χ4n) is 2.52. The van der Waals surface area contributed by atoms with Crippen molar-refractivity contribution in [1.82, 2.24) is 0 Å². The van der Waals surface area contributed by atoms with Crippen molar-refractivity contribution in [2.45, 2.75) is 18.9 Å². The molecule has 0 aromatic heterocycles. The molecule has 126 valence electrons. The summed E-state index contributed by atoms with van der Waals surface area (Å²) < 4.78 is 11.3. The third-order valence-corrected chi connectivity index (χ3v) is 4.32. The highest BCUT2D eigenvalue weighted by Crippen LogP contribution is 2.27. The van der Waals surface area contributed by atoms with Crippen LogP contribution < -0.4 is 10.1 Å². The van der Waals surface area contributed by atoms with E-state index in [2.05, 4.69) is 5.32 Å². The fraction of sp³-hybridized carbons (Fsp3) is 0.278. The molecule has 0 saturated carbocycles. The van der Waals surface area contributed by atoms with Gasteiger partial charge >= 0.3 is 0 Å². The lowest BCUT2D eigenvalue weighted by Gasteiger charge is -2.15. The van der Waals surface area contributed by atoms with Crippen LogP contribution in [0.1, 0.15) is 23.2 Å². The Bertz CT molecular complexity index is 730. The lowest BCUT2D eigenvalue weighted by molar-refractivity contribution is 0.0673. The summed E-state index contributed by atoms with van der Waals surface area (Å²) in [7, 11) is 0. The summed E-state index contributed by atoms with van der Waals surface area (Å²) in [6, 6.07) is 12.0. The molecule has 6 heteroatoms. The van der Waals surface area contributed by atoms with Crippen molar-refractivity contribution in [3.05, 3.63) is 58.1 Å². The van der Waals surface area contributed by atoms with Gasteiger partial charge in [-0.25, -0.2) is 0 Å². The Kier molecular flexibility index (Phi) is 5.61. The molecule has 1 amide bonds. The van der Waals surface area contributed by atoms with E-state index < -0.39 is 0 Å². The van der Waals surface area contributed by atoms with Crippen molar-refractivity contribution in [2.24, 2.45) is 0 Å². The van der Waals surface area contributed by atoms with Crippen molar-refractivity contribution < 1.29 is 14.3 Å². The van der Waals surface area contributed by atoms with E-state index in [4.69, 9.17) is 32.7 Å². The summed E-state index contributed by atoms with van der Waals surface area (Å²) in [6.07, 6.45) is 2.11. The molecule has 1 fully saturated rings. The monoisotopic (exact) mass is 365 g/mol. The third-order valence-electron chi connectivity index (χ3n) is 3.76. The maximum absolute atomic E-state index is 12.6. The highest BCUT2D eigenvalue weighted by Gasteiger charge is 2.18. The Labute approximate surface area is 150 Å². The van der Waals surface area contributed by atoms with Crippen LogP contribution in [0, 0.1) is 0 Å². The molecule has 24 heavy (non-hydrogen) atoms. The van der Waals surface area contributed by atoms with Gasteiger partial charge in [-0.1, -0.05) is 35.3 Å². The van der Waals surface area contributed by atoms with Crippen LogP contribution in [-0.4, -0.2) is 25.2 Å². The summed E-state index contributed by atoms with van der Waals surface area (Å²) in [5.74, 6) is 0.214. The van der Waals surface area contributed by atoms with E-state index >= 15 is 0 Å². The predicted octanol–water partition coefficient (Wildman–Crippen LogP) is 4.80. The first kappa shape index (κ1) is 17.1. The number of carbonyl (C=O) groups excluding carboxylic acids is 1. The minimum atomic E-state index is -0.304. The molecule has 1 saturated heterocycles. The van der Waals surface area contributed by atoms with Gasteiger partial charge in [0, 0.05) is 11.6 Å². The first-order valence-electron chi connectivity index (χ1n) is 7.73. The molecule has 3 rings (SSSR count). The van der Waals surface area contributed by atoms with Gasteiger partial charge in [0.05, 0.1) is 22.4 Å². The van der Waals surface area contributed by atoms with Crippen LogP contribution >= 0.6 is 23.2 Å². The normalized spacial score (nSPS) is 16.8. The van der Waals surface area contributed by atoms with Crippen LogP contribution in [0.3, 0.4) is 0 Å². The second-order valence-electron chi connectivity index (χ2n) is 5.52. The fourth-order valence-corrected chi connectivity index (χ4v) is 2.86. The molecule has 4 nitrogen and oxygen atoms in total. The van der Waals surface area contributed by atoms with Gasteiger partial charge in [0.2, 0.25) is 0 Å². The number of nitrogens with one attached hydrogen (secondary N) is 1. The maximum Gasteiger partial charge on any atom is 0.259 e. The molecule has 1 atom stereocenters. The van der Waals surface area contributed by atoms with E-state index in [1.807, 2.05) is 6.07 Å².